The number of aryl methyl sites for hydroxylation is 1. The van der Waals surface area contributed by atoms with Crippen LogP contribution >= 0.6 is 0 Å². The number of nitrogens with zero attached hydrogens (tertiary/aromatic N) is 3. The molecule has 4 nitrogen and oxygen atoms in total. The van der Waals surface area contributed by atoms with Gasteiger partial charge in [-0.3, -0.25) is 15.1 Å². The van der Waals surface area contributed by atoms with Gasteiger partial charge in [0.25, 0.3) is 0 Å². The molecule has 0 saturated carbocycles. The molecule has 0 aliphatic heterocycles. The highest BCUT2D eigenvalue weighted by atomic mass is 15.1. The molecule has 0 aliphatic rings. The van der Waals surface area contributed by atoms with E-state index in [-0.39, 0.29) is 0 Å². The fourth-order valence-corrected chi connectivity index (χ4v) is 1.91. The molecule has 3 rings (SSSR count). The number of rotatable bonds is 2. The van der Waals surface area contributed by atoms with E-state index in [1.54, 1.807) is 12.4 Å². The SMILES string of the molecule is Cc1cccc(-c2c[nH]nc2-c2ccncc2)n1. The number of aromatic nitrogens is 4. The summed E-state index contributed by atoms with van der Waals surface area (Å²) in [7, 11) is 0. The van der Waals surface area contributed by atoms with Gasteiger partial charge in [0.1, 0.15) is 5.69 Å². The second-order valence-corrected chi connectivity index (χ2v) is 4.05. The molecule has 88 valence electrons. The number of nitrogens with one attached hydrogen (secondary N) is 1. The third kappa shape index (κ3) is 1.88. The zero-order valence-corrected chi connectivity index (χ0v) is 9.96. The third-order valence-electron chi connectivity index (χ3n) is 2.76. The van der Waals surface area contributed by atoms with Crippen molar-refractivity contribution in [3.05, 3.63) is 54.6 Å². The van der Waals surface area contributed by atoms with E-state index in [0.717, 1.165) is 28.2 Å². The standard InChI is InChI=1S/C14H12N4/c1-10-3-2-4-13(17-10)12-9-16-18-14(12)11-5-7-15-8-6-11/h2-9H,1H3,(H,16,18). The zero-order chi connectivity index (χ0) is 12.4. The minimum Gasteiger partial charge on any atom is -0.284 e. The maximum atomic E-state index is 4.53. The second-order valence-electron chi connectivity index (χ2n) is 4.05. The molecular formula is C14H12N4. The van der Waals surface area contributed by atoms with E-state index in [2.05, 4.69) is 20.2 Å². The lowest BCUT2D eigenvalue weighted by Gasteiger charge is -2.02. The molecule has 0 aliphatic carbocycles. The van der Waals surface area contributed by atoms with Gasteiger partial charge in [0, 0.05) is 35.4 Å². The predicted octanol–water partition coefficient (Wildman–Crippen LogP) is 2.84. The molecule has 3 aromatic heterocycles. The normalized spacial score (nSPS) is 10.5. The van der Waals surface area contributed by atoms with Crippen LogP contribution < -0.4 is 0 Å². The number of aromatic amines is 1. The number of H-pyrrole nitrogens is 1. The summed E-state index contributed by atoms with van der Waals surface area (Å²) in [5, 5.41) is 7.20. The molecule has 0 aromatic carbocycles. The van der Waals surface area contributed by atoms with E-state index in [0.29, 0.717) is 0 Å². The zero-order valence-electron chi connectivity index (χ0n) is 9.96. The van der Waals surface area contributed by atoms with Crippen LogP contribution in [0.25, 0.3) is 22.5 Å². The first-order valence-corrected chi connectivity index (χ1v) is 5.73. The monoisotopic (exact) mass is 236 g/mol. The molecule has 0 amide bonds. The summed E-state index contributed by atoms with van der Waals surface area (Å²) in [6.07, 6.45) is 5.40. The average molecular weight is 236 g/mol. The maximum absolute atomic E-state index is 4.53. The molecule has 0 bridgehead atoms. The highest BCUT2D eigenvalue weighted by molar-refractivity contribution is 5.78. The minimum absolute atomic E-state index is 0.899. The second kappa shape index (κ2) is 4.41. The molecule has 18 heavy (non-hydrogen) atoms. The molecule has 1 N–H and O–H groups in total. The van der Waals surface area contributed by atoms with E-state index in [4.69, 9.17) is 0 Å². The summed E-state index contributed by atoms with van der Waals surface area (Å²) in [4.78, 5) is 8.54. The van der Waals surface area contributed by atoms with Gasteiger partial charge in [-0.1, -0.05) is 6.07 Å². The van der Waals surface area contributed by atoms with Gasteiger partial charge in [0.2, 0.25) is 0 Å². The third-order valence-corrected chi connectivity index (χ3v) is 2.76. The van der Waals surface area contributed by atoms with Crippen LogP contribution in [-0.4, -0.2) is 20.2 Å². The summed E-state index contributed by atoms with van der Waals surface area (Å²) in [5.41, 5.74) is 4.86. The van der Waals surface area contributed by atoms with Crippen LogP contribution in [0.1, 0.15) is 5.69 Å². The van der Waals surface area contributed by atoms with E-state index >= 15 is 0 Å². The van der Waals surface area contributed by atoms with Gasteiger partial charge < -0.3 is 0 Å². The average Bonchev–Trinajstić information content (AvgIpc) is 2.89. The molecule has 0 fully saturated rings. The Morgan fingerprint density at radius 1 is 1.06 bits per heavy atom. The Kier molecular flexibility index (Phi) is 2.61. The highest BCUT2D eigenvalue weighted by Gasteiger charge is 2.11. The lowest BCUT2D eigenvalue weighted by atomic mass is 10.1. The molecule has 0 radical (unpaired) electrons. The molecule has 0 spiro atoms. The molecule has 3 aromatic rings. The van der Waals surface area contributed by atoms with Crippen LogP contribution in [0.5, 0.6) is 0 Å². The van der Waals surface area contributed by atoms with Crippen molar-refractivity contribution in [2.75, 3.05) is 0 Å². The first-order chi connectivity index (χ1) is 8.84. The van der Waals surface area contributed by atoms with Crippen LogP contribution in [0, 0.1) is 6.92 Å². The van der Waals surface area contributed by atoms with Gasteiger partial charge in [0.05, 0.1) is 5.69 Å². The lowest BCUT2D eigenvalue weighted by molar-refractivity contribution is 1.09. The van der Waals surface area contributed by atoms with Crippen molar-refractivity contribution in [2.24, 2.45) is 0 Å². The fourth-order valence-electron chi connectivity index (χ4n) is 1.91. The smallest absolute Gasteiger partial charge is 0.102 e. The number of pyridine rings is 2. The van der Waals surface area contributed by atoms with Crippen molar-refractivity contribution >= 4 is 0 Å². The minimum atomic E-state index is 0.899. The Balaban J connectivity index is 2.13. The van der Waals surface area contributed by atoms with E-state index in [1.165, 1.54) is 0 Å². The fraction of sp³-hybridized carbons (Fsp3) is 0.0714. The largest absolute Gasteiger partial charge is 0.284 e. The summed E-state index contributed by atoms with van der Waals surface area (Å²) in [6, 6.07) is 9.85. The van der Waals surface area contributed by atoms with Gasteiger partial charge in [-0.15, -0.1) is 0 Å². The van der Waals surface area contributed by atoms with Gasteiger partial charge >= 0.3 is 0 Å². The molecule has 4 heteroatoms. The van der Waals surface area contributed by atoms with Gasteiger partial charge in [-0.2, -0.15) is 5.10 Å². The van der Waals surface area contributed by atoms with Crippen molar-refractivity contribution in [3.63, 3.8) is 0 Å². The van der Waals surface area contributed by atoms with Crippen molar-refractivity contribution in [3.8, 4) is 22.5 Å². The molecule has 0 atom stereocenters. The Hall–Kier alpha value is -2.49. The lowest BCUT2D eigenvalue weighted by Crippen LogP contribution is -1.87. The molecule has 0 unspecified atom stereocenters. The van der Waals surface area contributed by atoms with Crippen LogP contribution in [-0.2, 0) is 0 Å². The van der Waals surface area contributed by atoms with E-state index in [9.17, 15) is 0 Å². The van der Waals surface area contributed by atoms with Gasteiger partial charge in [0.15, 0.2) is 0 Å². The molecular weight excluding hydrogens is 224 g/mol. The van der Waals surface area contributed by atoms with Crippen LogP contribution in [0.2, 0.25) is 0 Å². The van der Waals surface area contributed by atoms with Crippen LogP contribution in [0.4, 0.5) is 0 Å². The van der Waals surface area contributed by atoms with Gasteiger partial charge in [-0.05, 0) is 31.2 Å². The Morgan fingerprint density at radius 2 is 1.89 bits per heavy atom. The Morgan fingerprint density at radius 3 is 2.67 bits per heavy atom. The summed E-state index contributed by atoms with van der Waals surface area (Å²) >= 11 is 0. The molecule has 0 saturated heterocycles. The van der Waals surface area contributed by atoms with E-state index in [1.807, 2.05) is 43.5 Å². The number of hydrogen-bond donors (Lipinski definition) is 1. The quantitative estimate of drug-likeness (QED) is 0.744. The summed E-state index contributed by atoms with van der Waals surface area (Å²) < 4.78 is 0. The Bertz CT molecular complexity index is 658. The first-order valence-electron chi connectivity index (χ1n) is 5.73. The summed E-state index contributed by atoms with van der Waals surface area (Å²) in [5.74, 6) is 0. The first kappa shape index (κ1) is 10.7. The van der Waals surface area contributed by atoms with Gasteiger partial charge in [-0.25, -0.2) is 0 Å². The van der Waals surface area contributed by atoms with Crippen LogP contribution in [0.15, 0.2) is 48.9 Å². The predicted molar refractivity (Wildman–Crippen MR) is 69.8 cm³/mol. The summed E-state index contributed by atoms with van der Waals surface area (Å²) in [6.45, 7) is 1.98. The van der Waals surface area contributed by atoms with Crippen molar-refractivity contribution in [1.29, 1.82) is 0 Å². The Labute approximate surface area is 105 Å². The van der Waals surface area contributed by atoms with Crippen molar-refractivity contribution in [2.45, 2.75) is 6.92 Å². The maximum Gasteiger partial charge on any atom is 0.102 e. The highest BCUT2D eigenvalue weighted by Crippen LogP contribution is 2.28. The number of hydrogen-bond acceptors (Lipinski definition) is 3. The topological polar surface area (TPSA) is 54.5 Å². The van der Waals surface area contributed by atoms with E-state index < -0.39 is 0 Å². The van der Waals surface area contributed by atoms with Crippen LogP contribution in [0.3, 0.4) is 0 Å². The van der Waals surface area contributed by atoms with Crippen molar-refractivity contribution < 1.29 is 0 Å². The molecule has 3 heterocycles. The van der Waals surface area contributed by atoms with Crippen molar-refractivity contribution in [1.82, 2.24) is 20.2 Å².